The first-order valence-corrected chi connectivity index (χ1v) is 10.1. The average molecular weight is 391 g/mol. The lowest BCUT2D eigenvalue weighted by Gasteiger charge is -2.15. The number of carboxylic acid groups (broad SMARTS) is 1. The van der Waals surface area contributed by atoms with Crippen molar-refractivity contribution in [3.63, 3.8) is 0 Å². The molecule has 0 radical (unpaired) electrons. The van der Waals surface area contributed by atoms with Gasteiger partial charge in [0.05, 0.1) is 6.42 Å². The number of carbonyl (C=O) groups is 1. The lowest BCUT2D eigenvalue weighted by Crippen LogP contribution is -2.02. The highest BCUT2D eigenvalue weighted by atomic mass is 16.5. The van der Waals surface area contributed by atoms with Crippen LogP contribution in [0.3, 0.4) is 0 Å². The third kappa shape index (κ3) is 8.47. The minimum absolute atomic E-state index is 0.000609. The molecule has 28 heavy (non-hydrogen) atoms. The fourth-order valence-corrected chi connectivity index (χ4v) is 2.57. The molecule has 0 aliphatic rings. The number of rotatable bonds is 4. The van der Waals surface area contributed by atoms with E-state index in [1.54, 1.807) is 12.1 Å². The molecule has 0 saturated carbocycles. The van der Waals surface area contributed by atoms with Crippen LogP contribution >= 0.6 is 0 Å². The molecule has 0 fully saturated rings. The van der Waals surface area contributed by atoms with E-state index in [9.17, 15) is 9.90 Å². The summed E-state index contributed by atoms with van der Waals surface area (Å²) in [7, 11) is 0. The number of carboxylic acids is 1. The Kier molecular flexibility index (Phi) is 14.4. The Labute approximate surface area is 171 Å². The van der Waals surface area contributed by atoms with Gasteiger partial charge in [-0.25, -0.2) is 0 Å². The second kappa shape index (κ2) is 14.6. The van der Waals surface area contributed by atoms with Gasteiger partial charge in [-0.05, 0) is 67.6 Å². The lowest BCUT2D eigenvalue weighted by atomic mass is 10.0. The fourth-order valence-electron chi connectivity index (χ4n) is 2.57. The van der Waals surface area contributed by atoms with E-state index in [0.717, 1.165) is 33.6 Å². The summed E-state index contributed by atoms with van der Waals surface area (Å²) in [5.74, 6) is 0.804. The summed E-state index contributed by atoms with van der Waals surface area (Å²) in [6.07, 6.45) is -0.000609. The van der Waals surface area contributed by atoms with E-state index in [1.165, 1.54) is 0 Å². The Morgan fingerprint density at radius 3 is 1.54 bits per heavy atom. The van der Waals surface area contributed by atoms with Crippen LogP contribution in [0.2, 0.25) is 0 Å². The summed E-state index contributed by atoms with van der Waals surface area (Å²) in [5.41, 5.74) is 4.05. The normalized spacial score (nSPS) is 8.93. The van der Waals surface area contributed by atoms with E-state index in [4.69, 9.17) is 9.84 Å². The Balaban J connectivity index is 0. The van der Waals surface area contributed by atoms with Crippen molar-refractivity contribution in [2.24, 2.45) is 0 Å². The number of hydrogen-bond acceptors (Lipinski definition) is 3. The molecule has 0 saturated heterocycles. The van der Waals surface area contributed by atoms with E-state index in [0.29, 0.717) is 5.75 Å². The Bertz CT molecular complexity index is 687. The zero-order valence-electron chi connectivity index (χ0n) is 19.2. The number of aliphatic carboxylic acids is 1. The van der Waals surface area contributed by atoms with Crippen LogP contribution in [0.5, 0.6) is 17.2 Å². The van der Waals surface area contributed by atoms with Gasteiger partial charge in [0, 0.05) is 0 Å². The highest BCUT2D eigenvalue weighted by Crippen LogP contribution is 2.33. The topological polar surface area (TPSA) is 66.8 Å². The molecular formula is C24H38O4. The van der Waals surface area contributed by atoms with E-state index < -0.39 is 5.97 Å². The third-order valence-electron chi connectivity index (χ3n) is 3.56. The molecule has 0 aliphatic heterocycles. The number of benzene rings is 2. The smallest absolute Gasteiger partial charge is 0.307 e. The van der Waals surface area contributed by atoms with Crippen LogP contribution in [-0.4, -0.2) is 16.2 Å². The zero-order valence-corrected chi connectivity index (χ0v) is 19.2. The third-order valence-corrected chi connectivity index (χ3v) is 3.56. The summed E-state index contributed by atoms with van der Waals surface area (Å²) in [6.45, 7) is 19.4. The van der Waals surface area contributed by atoms with Crippen LogP contribution in [-0.2, 0) is 11.2 Å². The highest BCUT2D eigenvalue weighted by Gasteiger charge is 2.11. The van der Waals surface area contributed by atoms with Gasteiger partial charge < -0.3 is 14.9 Å². The molecule has 0 bridgehead atoms. The van der Waals surface area contributed by atoms with Crippen LogP contribution in [0.4, 0.5) is 0 Å². The van der Waals surface area contributed by atoms with E-state index in [2.05, 4.69) is 0 Å². The van der Waals surface area contributed by atoms with Crippen LogP contribution in [0.15, 0.2) is 24.3 Å². The molecule has 2 rings (SSSR count). The van der Waals surface area contributed by atoms with E-state index >= 15 is 0 Å². The van der Waals surface area contributed by atoms with Crippen molar-refractivity contribution in [2.45, 2.75) is 75.7 Å². The molecule has 0 unspecified atom stereocenters. The summed E-state index contributed by atoms with van der Waals surface area (Å²) in [4.78, 5) is 10.8. The van der Waals surface area contributed by atoms with E-state index in [1.807, 2.05) is 81.4 Å². The molecule has 2 N–H and O–H groups in total. The molecule has 4 nitrogen and oxygen atoms in total. The first-order valence-electron chi connectivity index (χ1n) is 10.1. The molecule has 2 aromatic rings. The lowest BCUT2D eigenvalue weighted by molar-refractivity contribution is -0.136. The van der Waals surface area contributed by atoms with Gasteiger partial charge in [0.1, 0.15) is 17.2 Å². The van der Waals surface area contributed by atoms with Crippen LogP contribution in [0.1, 0.15) is 69.4 Å². The molecule has 0 aromatic heterocycles. The first kappa shape index (κ1) is 27.7. The molecular weight excluding hydrogens is 352 g/mol. The van der Waals surface area contributed by atoms with Crippen molar-refractivity contribution in [2.75, 3.05) is 0 Å². The van der Waals surface area contributed by atoms with Gasteiger partial charge in [0.15, 0.2) is 0 Å². The number of hydrogen-bond donors (Lipinski definition) is 2. The van der Waals surface area contributed by atoms with Gasteiger partial charge in [0.25, 0.3) is 0 Å². The maximum atomic E-state index is 10.8. The standard InChI is InChI=1S/C18H20O4.3C2H6/c1-10-7-15(8-11(2)17(10)21)22-18-12(3)5-14(6-13(18)4)9-16(19)20;3*1-2/h5-8,21H,9H2,1-4H3,(H,19,20);3*1-2H3. The molecule has 0 amide bonds. The molecule has 0 spiro atoms. The second-order valence-electron chi connectivity index (χ2n) is 5.64. The Morgan fingerprint density at radius 1 is 0.786 bits per heavy atom. The first-order chi connectivity index (χ1) is 13.3. The molecule has 158 valence electrons. The summed E-state index contributed by atoms with van der Waals surface area (Å²) in [6, 6.07) is 7.23. The molecule has 0 atom stereocenters. The maximum absolute atomic E-state index is 10.8. The van der Waals surface area contributed by atoms with Gasteiger partial charge in [-0.2, -0.15) is 0 Å². The van der Waals surface area contributed by atoms with Gasteiger partial charge >= 0.3 is 5.97 Å². The van der Waals surface area contributed by atoms with Crippen molar-refractivity contribution in [3.05, 3.63) is 52.1 Å². The van der Waals surface area contributed by atoms with E-state index in [-0.39, 0.29) is 12.2 Å². The Morgan fingerprint density at radius 2 is 1.18 bits per heavy atom. The van der Waals surface area contributed by atoms with Gasteiger partial charge in [-0.15, -0.1) is 0 Å². The largest absolute Gasteiger partial charge is 0.507 e. The van der Waals surface area contributed by atoms with Crippen LogP contribution in [0.25, 0.3) is 0 Å². The summed E-state index contributed by atoms with van der Waals surface area (Å²) >= 11 is 0. The zero-order chi connectivity index (χ0) is 22.4. The second-order valence-corrected chi connectivity index (χ2v) is 5.64. The van der Waals surface area contributed by atoms with Crippen molar-refractivity contribution >= 4 is 5.97 Å². The number of phenolic OH excluding ortho intramolecular Hbond substituents is 1. The maximum Gasteiger partial charge on any atom is 0.307 e. The number of aromatic hydroxyl groups is 1. The quantitative estimate of drug-likeness (QED) is 0.583. The van der Waals surface area contributed by atoms with Crippen LogP contribution in [0, 0.1) is 27.7 Å². The molecule has 2 aromatic carbocycles. The molecule has 0 heterocycles. The SMILES string of the molecule is CC.CC.CC.Cc1cc(Oc2c(C)cc(CC(=O)O)cc2C)cc(C)c1O. The van der Waals surface area contributed by atoms with Gasteiger partial charge in [0.2, 0.25) is 0 Å². The van der Waals surface area contributed by atoms with Crippen molar-refractivity contribution in [1.82, 2.24) is 0 Å². The van der Waals surface area contributed by atoms with Crippen molar-refractivity contribution < 1.29 is 19.7 Å². The fraction of sp³-hybridized carbons (Fsp3) is 0.458. The predicted octanol–water partition coefficient (Wildman–Crippen LogP) is 7.12. The predicted molar refractivity (Wildman–Crippen MR) is 119 cm³/mol. The number of aryl methyl sites for hydroxylation is 4. The summed E-state index contributed by atoms with van der Waals surface area (Å²) in [5, 5.41) is 18.7. The number of ether oxygens (including phenoxy) is 1. The number of phenols is 1. The minimum atomic E-state index is -0.850. The van der Waals surface area contributed by atoms with Crippen molar-refractivity contribution in [1.29, 1.82) is 0 Å². The average Bonchev–Trinajstić information content (AvgIpc) is 2.67. The van der Waals surface area contributed by atoms with Crippen molar-refractivity contribution in [3.8, 4) is 17.2 Å². The molecule has 4 heteroatoms. The van der Waals surface area contributed by atoms with Crippen LogP contribution < -0.4 is 4.74 Å². The molecule has 0 aliphatic carbocycles. The van der Waals surface area contributed by atoms with Gasteiger partial charge in [-0.1, -0.05) is 53.7 Å². The highest BCUT2D eigenvalue weighted by molar-refractivity contribution is 5.70. The minimum Gasteiger partial charge on any atom is -0.507 e. The summed E-state index contributed by atoms with van der Waals surface area (Å²) < 4.78 is 5.96. The monoisotopic (exact) mass is 390 g/mol. The van der Waals surface area contributed by atoms with Gasteiger partial charge in [-0.3, -0.25) is 4.79 Å². The Hall–Kier alpha value is -2.49.